The number of anilines is 2. The van der Waals surface area contributed by atoms with Gasteiger partial charge in [0.25, 0.3) is 0 Å². The van der Waals surface area contributed by atoms with Crippen LogP contribution in [0.1, 0.15) is 26.2 Å². The number of nitrogens with zero attached hydrogens (tertiary/aromatic N) is 3. The largest absolute Gasteiger partial charge is 0.382 e. The molecule has 0 aliphatic carbocycles. The Labute approximate surface area is 123 Å². The molecule has 110 valence electrons. The van der Waals surface area contributed by atoms with Gasteiger partial charge >= 0.3 is 0 Å². The fourth-order valence-electron chi connectivity index (χ4n) is 2.37. The maximum Gasteiger partial charge on any atom is 0.224 e. The lowest BCUT2D eigenvalue weighted by Gasteiger charge is -2.33. The second kappa shape index (κ2) is 6.74. The number of aromatic nitrogens is 2. The maximum absolute atomic E-state index is 12.1. The highest BCUT2D eigenvalue weighted by Gasteiger charge is 2.27. The van der Waals surface area contributed by atoms with Gasteiger partial charge in [-0.2, -0.15) is 0 Å². The fraction of sp³-hybridized carbons (Fsp3) is 0.615. The highest BCUT2D eigenvalue weighted by Crippen LogP contribution is 2.30. The highest BCUT2D eigenvalue weighted by molar-refractivity contribution is 6.35. The number of carbonyl (C=O) groups is 1. The summed E-state index contributed by atoms with van der Waals surface area (Å²) >= 11 is 6.15. The van der Waals surface area contributed by atoms with Gasteiger partial charge in [0.05, 0.1) is 5.92 Å². The minimum absolute atomic E-state index is 0.0254. The summed E-state index contributed by atoms with van der Waals surface area (Å²) in [5.74, 6) is 0.971. The number of rotatable bonds is 4. The summed E-state index contributed by atoms with van der Waals surface area (Å²) in [6.07, 6.45) is 4.17. The Morgan fingerprint density at radius 1 is 1.60 bits per heavy atom. The lowest BCUT2D eigenvalue weighted by molar-refractivity contribution is -0.125. The summed E-state index contributed by atoms with van der Waals surface area (Å²) in [7, 11) is 0. The van der Waals surface area contributed by atoms with E-state index < -0.39 is 0 Å². The van der Waals surface area contributed by atoms with E-state index in [9.17, 15) is 4.79 Å². The van der Waals surface area contributed by atoms with Crippen molar-refractivity contribution in [3.8, 4) is 0 Å². The van der Waals surface area contributed by atoms with Crippen LogP contribution >= 0.6 is 11.6 Å². The van der Waals surface area contributed by atoms with Crippen molar-refractivity contribution in [2.24, 2.45) is 5.92 Å². The summed E-state index contributed by atoms with van der Waals surface area (Å²) in [5, 5.41) is 3.31. The number of nitrogens with one attached hydrogen (secondary N) is 1. The molecule has 20 heavy (non-hydrogen) atoms. The summed E-state index contributed by atoms with van der Waals surface area (Å²) in [6, 6.07) is 0. The number of nitrogen functional groups attached to an aromatic ring is 1. The molecule has 7 heteroatoms. The molecule has 0 radical (unpaired) electrons. The van der Waals surface area contributed by atoms with Gasteiger partial charge in [0.15, 0.2) is 5.82 Å². The third kappa shape index (κ3) is 3.30. The summed E-state index contributed by atoms with van der Waals surface area (Å²) in [5.41, 5.74) is 5.70. The monoisotopic (exact) mass is 297 g/mol. The highest BCUT2D eigenvalue weighted by atomic mass is 35.5. The number of piperidine rings is 1. The van der Waals surface area contributed by atoms with Crippen molar-refractivity contribution in [1.29, 1.82) is 0 Å². The molecule has 0 saturated carbocycles. The topological polar surface area (TPSA) is 84.1 Å². The average Bonchev–Trinajstić information content (AvgIpc) is 2.47. The average molecular weight is 298 g/mol. The Balaban J connectivity index is 2.06. The number of hydrogen-bond donors (Lipinski definition) is 2. The minimum Gasteiger partial charge on any atom is -0.382 e. The van der Waals surface area contributed by atoms with E-state index in [1.807, 2.05) is 11.8 Å². The summed E-state index contributed by atoms with van der Waals surface area (Å²) in [4.78, 5) is 22.1. The van der Waals surface area contributed by atoms with E-state index in [4.69, 9.17) is 17.3 Å². The van der Waals surface area contributed by atoms with Gasteiger partial charge in [0, 0.05) is 19.6 Å². The molecular formula is C13H20ClN5O. The molecule has 1 saturated heterocycles. The molecule has 1 aromatic heterocycles. The normalized spacial score (nSPS) is 18.9. The number of halogens is 1. The van der Waals surface area contributed by atoms with Crippen LogP contribution in [0.5, 0.6) is 0 Å². The smallest absolute Gasteiger partial charge is 0.224 e. The molecule has 1 fully saturated rings. The molecule has 1 unspecified atom stereocenters. The predicted octanol–water partition coefficient (Wildman–Crippen LogP) is 1.45. The summed E-state index contributed by atoms with van der Waals surface area (Å²) < 4.78 is 0. The number of carbonyl (C=O) groups excluding carboxylic acids is 1. The molecule has 1 aliphatic rings. The number of hydrogen-bond acceptors (Lipinski definition) is 5. The van der Waals surface area contributed by atoms with Gasteiger partial charge < -0.3 is 16.0 Å². The third-order valence-electron chi connectivity index (χ3n) is 3.44. The second-order valence-electron chi connectivity index (χ2n) is 4.97. The van der Waals surface area contributed by atoms with Crippen LogP contribution in [0.4, 0.5) is 11.6 Å². The Kier molecular flexibility index (Phi) is 5.00. The Morgan fingerprint density at radius 2 is 2.40 bits per heavy atom. The SMILES string of the molecule is CCCNC(=O)C1CCCN(c2ncnc(N)c2Cl)C1. The van der Waals surface area contributed by atoms with Crippen LogP contribution in [0.15, 0.2) is 6.33 Å². The van der Waals surface area contributed by atoms with E-state index >= 15 is 0 Å². The molecule has 2 rings (SSSR count). The van der Waals surface area contributed by atoms with E-state index in [-0.39, 0.29) is 17.6 Å². The first-order chi connectivity index (χ1) is 9.63. The predicted molar refractivity (Wildman–Crippen MR) is 79.7 cm³/mol. The first-order valence-electron chi connectivity index (χ1n) is 6.92. The Hall–Kier alpha value is -1.56. The summed E-state index contributed by atoms with van der Waals surface area (Å²) in [6.45, 7) is 4.20. The second-order valence-corrected chi connectivity index (χ2v) is 5.35. The molecule has 0 bridgehead atoms. The third-order valence-corrected chi connectivity index (χ3v) is 3.80. The zero-order valence-electron chi connectivity index (χ0n) is 11.6. The molecule has 0 spiro atoms. The van der Waals surface area contributed by atoms with Gasteiger partial charge in [-0.05, 0) is 19.3 Å². The van der Waals surface area contributed by atoms with Crippen LogP contribution in [0.3, 0.4) is 0 Å². The van der Waals surface area contributed by atoms with E-state index in [1.165, 1.54) is 6.33 Å². The lowest BCUT2D eigenvalue weighted by atomic mass is 9.97. The number of nitrogens with two attached hydrogens (primary N) is 1. The molecule has 6 nitrogen and oxygen atoms in total. The standard InChI is InChI=1S/C13H20ClN5O/c1-2-5-16-13(20)9-4-3-6-19(7-9)12-10(14)11(15)17-8-18-12/h8-9H,2-7H2,1H3,(H,16,20)(H2,15,17,18). The van der Waals surface area contributed by atoms with Gasteiger partial charge in [-0.3, -0.25) is 4.79 Å². The van der Waals surface area contributed by atoms with Crippen molar-refractivity contribution in [2.45, 2.75) is 26.2 Å². The number of amides is 1. The van der Waals surface area contributed by atoms with Gasteiger partial charge in [-0.1, -0.05) is 18.5 Å². The van der Waals surface area contributed by atoms with Crippen LogP contribution in [0.25, 0.3) is 0 Å². The van der Waals surface area contributed by atoms with E-state index in [0.717, 1.165) is 32.4 Å². The van der Waals surface area contributed by atoms with Crippen LogP contribution < -0.4 is 16.0 Å². The zero-order chi connectivity index (χ0) is 14.5. The van der Waals surface area contributed by atoms with Crippen LogP contribution in [-0.2, 0) is 4.79 Å². The zero-order valence-corrected chi connectivity index (χ0v) is 12.4. The van der Waals surface area contributed by atoms with Gasteiger partial charge in [-0.15, -0.1) is 0 Å². The Morgan fingerprint density at radius 3 is 3.15 bits per heavy atom. The van der Waals surface area contributed by atoms with Crippen molar-refractivity contribution in [3.63, 3.8) is 0 Å². The van der Waals surface area contributed by atoms with Crippen LogP contribution in [0, 0.1) is 5.92 Å². The fourth-order valence-corrected chi connectivity index (χ4v) is 2.59. The molecular weight excluding hydrogens is 278 g/mol. The Bertz CT molecular complexity index is 482. The van der Waals surface area contributed by atoms with Crippen molar-refractivity contribution in [2.75, 3.05) is 30.3 Å². The molecule has 1 amide bonds. The first kappa shape index (κ1) is 14.8. The van der Waals surface area contributed by atoms with Crippen LogP contribution in [-0.4, -0.2) is 35.5 Å². The van der Waals surface area contributed by atoms with Gasteiger partial charge in [0.2, 0.25) is 5.91 Å². The van der Waals surface area contributed by atoms with Crippen molar-refractivity contribution in [3.05, 3.63) is 11.3 Å². The maximum atomic E-state index is 12.1. The molecule has 2 heterocycles. The van der Waals surface area contributed by atoms with E-state index in [1.54, 1.807) is 0 Å². The van der Waals surface area contributed by atoms with Crippen molar-refractivity contribution < 1.29 is 4.79 Å². The minimum atomic E-state index is -0.0254. The molecule has 3 N–H and O–H groups in total. The quantitative estimate of drug-likeness (QED) is 0.879. The van der Waals surface area contributed by atoms with E-state index in [0.29, 0.717) is 17.4 Å². The van der Waals surface area contributed by atoms with Gasteiger partial charge in [-0.25, -0.2) is 9.97 Å². The van der Waals surface area contributed by atoms with Crippen molar-refractivity contribution in [1.82, 2.24) is 15.3 Å². The first-order valence-corrected chi connectivity index (χ1v) is 7.30. The van der Waals surface area contributed by atoms with Crippen molar-refractivity contribution >= 4 is 29.1 Å². The molecule has 0 aromatic carbocycles. The van der Waals surface area contributed by atoms with E-state index in [2.05, 4.69) is 15.3 Å². The van der Waals surface area contributed by atoms with Crippen LogP contribution in [0.2, 0.25) is 5.02 Å². The van der Waals surface area contributed by atoms with Gasteiger partial charge in [0.1, 0.15) is 17.2 Å². The molecule has 1 aliphatic heterocycles. The molecule has 1 aromatic rings. The molecule has 1 atom stereocenters. The lowest BCUT2D eigenvalue weighted by Crippen LogP contribution is -2.43.